The molecule has 5 heteroatoms. The van der Waals surface area contributed by atoms with Crippen molar-refractivity contribution < 1.29 is 9.53 Å². The first-order valence-corrected chi connectivity index (χ1v) is 5.98. The average Bonchev–Trinajstić information content (AvgIpc) is 2.34. The van der Waals surface area contributed by atoms with Gasteiger partial charge in [-0.15, -0.1) is 0 Å². The second kappa shape index (κ2) is 5.20. The molecule has 0 saturated carbocycles. The van der Waals surface area contributed by atoms with Crippen LogP contribution in [0.3, 0.4) is 0 Å². The first-order valence-electron chi connectivity index (χ1n) is 5.60. The van der Waals surface area contributed by atoms with E-state index in [9.17, 15) is 4.79 Å². The minimum absolute atomic E-state index is 0.343. The number of halogens is 1. The highest BCUT2D eigenvalue weighted by Crippen LogP contribution is 2.31. The Kier molecular flexibility index (Phi) is 3.62. The maximum absolute atomic E-state index is 11.1. The Morgan fingerprint density at radius 2 is 1.89 bits per heavy atom. The van der Waals surface area contributed by atoms with Gasteiger partial charge in [-0.2, -0.15) is 0 Å². The zero-order chi connectivity index (χ0) is 14.0. The maximum Gasteiger partial charge on any atom is 0.248 e. The van der Waals surface area contributed by atoms with Crippen LogP contribution in [-0.4, -0.2) is 5.91 Å². The molecule has 0 radical (unpaired) electrons. The lowest BCUT2D eigenvalue weighted by Crippen LogP contribution is -2.11. The van der Waals surface area contributed by atoms with Crippen LogP contribution in [0.4, 0.5) is 5.69 Å². The summed E-state index contributed by atoms with van der Waals surface area (Å²) in [7, 11) is 0. The topological polar surface area (TPSA) is 78.3 Å². The summed E-state index contributed by atoms with van der Waals surface area (Å²) in [4.78, 5) is 11.1. The number of nitrogens with two attached hydrogens (primary N) is 2. The van der Waals surface area contributed by atoms with E-state index in [2.05, 4.69) is 0 Å². The molecular formula is C14H13ClN2O2. The maximum atomic E-state index is 11.1. The molecule has 2 rings (SSSR count). The van der Waals surface area contributed by atoms with Gasteiger partial charge in [0.25, 0.3) is 0 Å². The first-order chi connectivity index (χ1) is 8.97. The van der Waals surface area contributed by atoms with E-state index in [1.165, 1.54) is 6.07 Å². The summed E-state index contributed by atoms with van der Waals surface area (Å²) >= 11 is 5.88. The highest BCUT2D eigenvalue weighted by Gasteiger charge is 2.09. The lowest BCUT2D eigenvalue weighted by Gasteiger charge is -2.11. The van der Waals surface area contributed by atoms with E-state index in [0.29, 0.717) is 27.8 Å². The molecule has 4 nitrogen and oxygen atoms in total. The van der Waals surface area contributed by atoms with Gasteiger partial charge in [0.05, 0.1) is 5.69 Å². The van der Waals surface area contributed by atoms with Crippen molar-refractivity contribution >= 4 is 23.2 Å². The lowest BCUT2D eigenvalue weighted by atomic mass is 10.1. The predicted octanol–water partition coefficient (Wildman–Crippen LogP) is 3.12. The van der Waals surface area contributed by atoms with Crippen LogP contribution < -0.4 is 16.2 Å². The predicted molar refractivity (Wildman–Crippen MR) is 75.6 cm³/mol. The normalized spacial score (nSPS) is 10.2. The molecule has 0 saturated heterocycles. The summed E-state index contributed by atoms with van der Waals surface area (Å²) in [5.74, 6) is 0.483. The fourth-order valence-corrected chi connectivity index (χ4v) is 1.85. The minimum Gasteiger partial charge on any atom is -0.455 e. The Morgan fingerprint density at radius 3 is 2.53 bits per heavy atom. The number of amides is 1. The third-order valence-corrected chi connectivity index (χ3v) is 2.89. The standard InChI is InChI=1S/C14H13ClN2O2/c1-8-6-10(15)3-5-12(8)19-13-7-9(14(17)18)2-4-11(13)16/h2-7H,16H2,1H3,(H2,17,18). The molecule has 0 aromatic heterocycles. The SMILES string of the molecule is Cc1cc(Cl)ccc1Oc1cc(C(N)=O)ccc1N. The molecule has 0 unspecified atom stereocenters. The van der Waals surface area contributed by atoms with Gasteiger partial charge in [-0.25, -0.2) is 0 Å². The molecule has 98 valence electrons. The number of primary amides is 1. The molecule has 1 amide bonds. The van der Waals surface area contributed by atoms with E-state index >= 15 is 0 Å². The number of rotatable bonds is 3. The Morgan fingerprint density at radius 1 is 1.16 bits per heavy atom. The summed E-state index contributed by atoms with van der Waals surface area (Å²) < 4.78 is 5.69. The molecule has 0 spiro atoms. The number of hydrogen-bond acceptors (Lipinski definition) is 3. The Hall–Kier alpha value is -2.20. The number of hydrogen-bond donors (Lipinski definition) is 2. The van der Waals surface area contributed by atoms with Crippen molar-refractivity contribution in [2.24, 2.45) is 5.73 Å². The monoisotopic (exact) mass is 276 g/mol. The highest BCUT2D eigenvalue weighted by molar-refractivity contribution is 6.30. The molecule has 2 aromatic carbocycles. The van der Waals surface area contributed by atoms with E-state index < -0.39 is 5.91 Å². The fraction of sp³-hybridized carbons (Fsp3) is 0.0714. The number of carbonyl (C=O) groups excluding carboxylic acids is 1. The molecule has 0 fully saturated rings. The third-order valence-electron chi connectivity index (χ3n) is 2.65. The van der Waals surface area contributed by atoms with Gasteiger partial charge in [0, 0.05) is 10.6 Å². The van der Waals surface area contributed by atoms with Crippen molar-refractivity contribution in [1.82, 2.24) is 0 Å². The van der Waals surface area contributed by atoms with Crippen molar-refractivity contribution in [2.75, 3.05) is 5.73 Å². The average molecular weight is 277 g/mol. The van der Waals surface area contributed by atoms with Crippen molar-refractivity contribution in [3.05, 3.63) is 52.5 Å². The number of anilines is 1. The first kappa shape index (κ1) is 13.2. The number of nitrogen functional groups attached to an aromatic ring is 1. The molecular weight excluding hydrogens is 264 g/mol. The number of carbonyl (C=O) groups is 1. The van der Waals surface area contributed by atoms with E-state index in [0.717, 1.165) is 5.56 Å². The van der Waals surface area contributed by atoms with Gasteiger partial charge in [0.15, 0.2) is 5.75 Å². The smallest absolute Gasteiger partial charge is 0.248 e. The van der Waals surface area contributed by atoms with Crippen LogP contribution in [0.5, 0.6) is 11.5 Å². The van der Waals surface area contributed by atoms with Crippen molar-refractivity contribution in [1.29, 1.82) is 0 Å². The van der Waals surface area contributed by atoms with Crippen LogP contribution in [0.15, 0.2) is 36.4 Å². The second-order valence-electron chi connectivity index (χ2n) is 4.13. The van der Waals surface area contributed by atoms with E-state index in [1.54, 1.807) is 30.3 Å². The van der Waals surface area contributed by atoms with Crippen LogP contribution in [0.2, 0.25) is 5.02 Å². The van der Waals surface area contributed by atoms with Gasteiger partial charge in [0.2, 0.25) is 5.91 Å². The van der Waals surface area contributed by atoms with Crippen LogP contribution in [-0.2, 0) is 0 Å². The molecule has 0 aliphatic carbocycles. The largest absolute Gasteiger partial charge is 0.455 e. The van der Waals surface area contributed by atoms with Crippen LogP contribution in [0.25, 0.3) is 0 Å². The second-order valence-corrected chi connectivity index (χ2v) is 4.57. The summed E-state index contributed by atoms with van der Waals surface area (Å²) in [6.07, 6.45) is 0. The molecule has 0 atom stereocenters. The minimum atomic E-state index is -0.530. The van der Waals surface area contributed by atoms with E-state index in [-0.39, 0.29) is 0 Å². The van der Waals surface area contributed by atoms with E-state index in [4.69, 9.17) is 27.8 Å². The molecule has 0 bridgehead atoms. The molecule has 0 heterocycles. The van der Waals surface area contributed by atoms with Gasteiger partial charge in [-0.3, -0.25) is 4.79 Å². The van der Waals surface area contributed by atoms with Crippen LogP contribution >= 0.6 is 11.6 Å². The lowest BCUT2D eigenvalue weighted by molar-refractivity contribution is 0.1000. The summed E-state index contributed by atoms with van der Waals surface area (Å²) in [5, 5.41) is 0.628. The Balaban J connectivity index is 2.37. The van der Waals surface area contributed by atoms with Crippen LogP contribution in [0.1, 0.15) is 15.9 Å². The van der Waals surface area contributed by atoms with E-state index in [1.807, 2.05) is 6.92 Å². The summed E-state index contributed by atoms with van der Waals surface area (Å²) in [5.41, 5.74) is 12.7. The zero-order valence-corrected chi connectivity index (χ0v) is 11.1. The van der Waals surface area contributed by atoms with Gasteiger partial charge in [0.1, 0.15) is 5.75 Å². The van der Waals surface area contributed by atoms with Crippen molar-refractivity contribution in [2.45, 2.75) is 6.92 Å². The Bertz CT molecular complexity index is 641. The van der Waals surface area contributed by atoms with Crippen molar-refractivity contribution in [3.63, 3.8) is 0 Å². The molecule has 4 N–H and O–H groups in total. The van der Waals surface area contributed by atoms with Crippen LogP contribution in [0, 0.1) is 6.92 Å². The summed E-state index contributed by atoms with van der Waals surface area (Å²) in [6, 6.07) is 9.91. The third kappa shape index (κ3) is 2.98. The number of benzene rings is 2. The van der Waals surface area contributed by atoms with Gasteiger partial charge < -0.3 is 16.2 Å². The summed E-state index contributed by atoms with van der Waals surface area (Å²) in [6.45, 7) is 1.87. The highest BCUT2D eigenvalue weighted by atomic mass is 35.5. The molecule has 19 heavy (non-hydrogen) atoms. The quantitative estimate of drug-likeness (QED) is 0.846. The van der Waals surface area contributed by atoms with Gasteiger partial charge in [-0.05, 0) is 48.9 Å². The van der Waals surface area contributed by atoms with Gasteiger partial charge in [-0.1, -0.05) is 11.6 Å². The molecule has 0 aliphatic heterocycles. The number of ether oxygens (including phenoxy) is 1. The Labute approximate surface area is 115 Å². The number of aryl methyl sites for hydroxylation is 1. The zero-order valence-electron chi connectivity index (χ0n) is 10.3. The van der Waals surface area contributed by atoms with Gasteiger partial charge >= 0.3 is 0 Å². The van der Waals surface area contributed by atoms with Crippen molar-refractivity contribution in [3.8, 4) is 11.5 Å². The molecule has 0 aliphatic rings. The fourth-order valence-electron chi connectivity index (χ4n) is 1.62. The molecule has 2 aromatic rings.